The predicted octanol–water partition coefficient (Wildman–Crippen LogP) is 2.91. The summed E-state index contributed by atoms with van der Waals surface area (Å²) in [7, 11) is 0. The molecular weight excluding hydrogens is 348 g/mol. The van der Waals surface area contributed by atoms with Gasteiger partial charge in [-0.05, 0) is 72.0 Å². The fraction of sp³-hybridized carbons (Fsp3) is 0.810. The highest BCUT2D eigenvalue weighted by Crippen LogP contribution is 2.54. The normalized spacial score (nSPS) is 41.7. The van der Waals surface area contributed by atoms with Gasteiger partial charge in [0.15, 0.2) is 5.60 Å². The van der Waals surface area contributed by atoms with Crippen LogP contribution in [0.15, 0.2) is 11.1 Å². The average Bonchev–Trinajstić information content (AvgIpc) is 2.86. The monoisotopic (exact) mass is 380 g/mol. The van der Waals surface area contributed by atoms with Gasteiger partial charge >= 0.3 is 11.9 Å². The van der Waals surface area contributed by atoms with Crippen LogP contribution >= 0.6 is 0 Å². The zero-order valence-electron chi connectivity index (χ0n) is 17.4. The first kappa shape index (κ1) is 20.3. The van der Waals surface area contributed by atoms with Crippen molar-refractivity contribution in [2.45, 2.75) is 96.7 Å². The Labute approximate surface area is 161 Å². The van der Waals surface area contributed by atoms with Crippen molar-refractivity contribution in [3.8, 4) is 0 Å². The zero-order valence-corrected chi connectivity index (χ0v) is 17.4. The Bertz CT molecular complexity index is 685. The molecule has 27 heavy (non-hydrogen) atoms. The number of hydrogen-bond acceptors (Lipinski definition) is 6. The molecule has 1 unspecified atom stereocenters. The van der Waals surface area contributed by atoms with Crippen molar-refractivity contribution in [3.63, 3.8) is 0 Å². The molecule has 6 nitrogen and oxygen atoms in total. The van der Waals surface area contributed by atoms with E-state index in [1.165, 1.54) is 13.8 Å². The molecule has 0 radical (unpaired) electrons. The van der Waals surface area contributed by atoms with Crippen LogP contribution in [0, 0.1) is 11.8 Å². The standard InChI is InChI=1S/C21H32O6/c1-11-15(27-19(3,4)5)10-14-16(11)17-13(21(7,24)18(23)25-17)8-9-20(14,6)26-12(2)22/h13-15,17,24H,8-10H2,1-7H3/t13-,14-,15?,17+,20-,21-/m1/s1. The van der Waals surface area contributed by atoms with Gasteiger partial charge in [-0.1, -0.05) is 0 Å². The van der Waals surface area contributed by atoms with E-state index in [1.807, 2.05) is 34.6 Å². The van der Waals surface area contributed by atoms with Gasteiger partial charge in [0.05, 0.1) is 11.7 Å². The second-order valence-electron chi connectivity index (χ2n) is 9.67. The molecule has 1 aliphatic heterocycles. The van der Waals surface area contributed by atoms with Gasteiger partial charge in [0.25, 0.3) is 0 Å². The minimum absolute atomic E-state index is 0.106. The van der Waals surface area contributed by atoms with E-state index in [4.69, 9.17) is 14.2 Å². The van der Waals surface area contributed by atoms with Crippen molar-refractivity contribution in [3.05, 3.63) is 11.1 Å². The molecular formula is C21H32O6. The van der Waals surface area contributed by atoms with E-state index < -0.39 is 23.3 Å². The number of aliphatic hydroxyl groups is 1. The van der Waals surface area contributed by atoms with Crippen LogP contribution in [0.4, 0.5) is 0 Å². The predicted molar refractivity (Wildman–Crippen MR) is 98.8 cm³/mol. The largest absolute Gasteiger partial charge is 0.459 e. The molecule has 152 valence electrons. The summed E-state index contributed by atoms with van der Waals surface area (Å²) in [5.74, 6) is -1.37. The topological polar surface area (TPSA) is 82.1 Å². The minimum Gasteiger partial charge on any atom is -0.459 e. The fourth-order valence-corrected chi connectivity index (χ4v) is 5.09. The highest BCUT2D eigenvalue weighted by Gasteiger charge is 2.61. The molecule has 0 amide bonds. The lowest BCUT2D eigenvalue weighted by atomic mass is 9.81. The molecule has 6 heteroatoms. The summed E-state index contributed by atoms with van der Waals surface area (Å²) in [6, 6.07) is 0. The molecule has 3 aliphatic rings. The lowest BCUT2D eigenvalue weighted by Crippen LogP contribution is -2.41. The van der Waals surface area contributed by atoms with Crippen LogP contribution in [-0.2, 0) is 23.8 Å². The van der Waals surface area contributed by atoms with Gasteiger partial charge in [0, 0.05) is 18.8 Å². The first-order valence-corrected chi connectivity index (χ1v) is 9.77. The Balaban J connectivity index is 2.07. The van der Waals surface area contributed by atoms with E-state index in [0.717, 1.165) is 11.1 Å². The first-order chi connectivity index (χ1) is 12.3. The lowest BCUT2D eigenvalue weighted by molar-refractivity contribution is -0.164. The molecule has 0 aromatic rings. The van der Waals surface area contributed by atoms with Gasteiger partial charge in [-0.15, -0.1) is 0 Å². The number of carbonyl (C=O) groups excluding carboxylic acids is 2. The smallest absolute Gasteiger partial charge is 0.338 e. The molecule has 1 saturated heterocycles. The maximum atomic E-state index is 12.3. The summed E-state index contributed by atoms with van der Waals surface area (Å²) in [4.78, 5) is 24.1. The van der Waals surface area contributed by atoms with Crippen molar-refractivity contribution in [2.24, 2.45) is 11.8 Å². The van der Waals surface area contributed by atoms with Crippen molar-refractivity contribution in [1.82, 2.24) is 0 Å². The number of hydrogen-bond donors (Lipinski definition) is 1. The molecule has 1 N–H and O–H groups in total. The van der Waals surface area contributed by atoms with Crippen molar-refractivity contribution < 1.29 is 28.9 Å². The lowest BCUT2D eigenvalue weighted by Gasteiger charge is -2.36. The van der Waals surface area contributed by atoms with Gasteiger partial charge in [-0.25, -0.2) is 4.79 Å². The van der Waals surface area contributed by atoms with Gasteiger partial charge in [0.1, 0.15) is 11.7 Å². The van der Waals surface area contributed by atoms with E-state index in [-0.39, 0.29) is 29.5 Å². The molecule has 2 aliphatic carbocycles. The van der Waals surface area contributed by atoms with Crippen LogP contribution in [0.5, 0.6) is 0 Å². The van der Waals surface area contributed by atoms with E-state index in [9.17, 15) is 14.7 Å². The molecule has 0 aromatic heterocycles. The summed E-state index contributed by atoms with van der Waals surface area (Å²) in [5.41, 5.74) is -0.596. The van der Waals surface area contributed by atoms with E-state index in [1.54, 1.807) is 0 Å². The molecule has 0 bridgehead atoms. The van der Waals surface area contributed by atoms with Crippen LogP contribution in [0.3, 0.4) is 0 Å². The van der Waals surface area contributed by atoms with E-state index >= 15 is 0 Å². The molecule has 0 spiro atoms. The maximum Gasteiger partial charge on any atom is 0.338 e. The fourth-order valence-electron chi connectivity index (χ4n) is 5.09. The van der Waals surface area contributed by atoms with Crippen LogP contribution in [-0.4, -0.2) is 46.1 Å². The summed E-state index contributed by atoms with van der Waals surface area (Å²) in [5, 5.41) is 10.8. The molecule has 2 fully saturated rings. The quantitative estimate of drug-likeness (QED) is 0.586. The van der Waals surface area contributed by atoms with Gasteiger partial charge in [-0.2, -0.15) is 0 Å². The second kappa shape index (κ2) is 6.31. The van der Waals surface area contributed by atoms with Crippen molar-refractivity contribution >= 4 is 11.9 Å². The van der Waals surface area contributed by atoms with Crippen LogP contribution in [0.25, 0.3) is 0 Å². The third-order valence-electron chi connectivity index (χ3n) is 6.37. The van der Waals surface area contributed by atoms with Crippen LogP contribution in [0.1, 0.15) is 67.7 Å². The molecule has 3 rings (SSSR count). The zero-order chi connectivity index (χ0) is 20.4. The number of esters is 2. The summed E-state index contributed by atoms with van der Waals surface area (Å²) < 4.78 is 17.8. The van der Waals surface area contributed by atoms with Gasteiger partial charge in [0.2, 0.25) is 0 Å². The van der Waals surface area contributed by atoms with Gasteiger partial charge in [-0.3, -0.25) is 4.79 Å². The Morgan fingerprint density at radius 2 is 1.93 bits per heavy atom. The molecule has 1 saturated carbocycles. The summed E-state index contributed by atoms with van der Waals surface area (Å²) in [6.45, 7) is 12.9. The number of rotatable bonds is 2. The Kier molecular flexibility index (Phi) is 4.75. The van der Waals surface area contributed by atoms with E-state index in [0.29, 0.717) is 19.3 Å². The molecule has 0 aromatic carbocycles. The van der Waals surface area contributed by atoms with E-state index in [2.05, 4.69) is 0 Å². The highest BCUT2D eigenvalue weighted by atomic mass is 16.6. The third-order valence-corrected chi connectivity index (χ3v) is 6.37. The number of ether oxygens (including phenoxy) is 3. The van der Waals surface area contributed by atoms with Crippen molar-refractivity contribution in [2.75, 3.05) is 0 Å². The highest BCUT2D eigenvalue weighted by molar-refractivity contribution is 5.82. The minimum atomic E-state index is -1.53. The molecule has 6 atom stereocenters. The number of carbonyl (C=O) groups is 2. The molecule has 1 heterocycles. The number of fused-ring (bicyclic) bond motifs is 3. The third kappa shape index (κ3) is 3.42. The Hall–Kier alpha value is -1.40. The average molecular weight is 380 g/mol. The Morgan fingerprint density at radius 1 is 1.30 bits per heavy atom. The SMILES string of the molecule is CC(=O)O[C@]1(C)CC[C@@H]2[C@H](OC(=O)[C@]2(C)O)C2=C(C)C(OC(C)(C)C)C[C@H]21. The Morgan fingerprint density at radius 3 is 2.48 bits per heavy atom. The van der Waals surface area contributed by atoms with Crippen LogP contribution in [0.2, 0.25) is 0 Å². The summed E-state index contributed by atoms with van der Waals surface area (Å²) in [6.07, 6.45) is 1.15. The first-order valence-electron chi connectivity index (χ1n) is 9.77. The van der Waals surface area contributed by atoms with Crippen molar-refractivity contribution in [1.29, 1.82) is 0 Å². The second-order valence-corrected chi connectivity index (χ2v) is 9.67. The van der Waals surface area contributed by atoms with Gasteiger partial charge < -0.3 is 19.3 Å². The summed E-state index contributed by atoms with van der Waals surface area (Å²) >= 11 is 0. The maximum absolute atomic E-state index is 12.3. The van der Waals surface area contributed by atoms with Crippen LogP contribution < -0.4 is 0 Å².